The standard InChI is InChI=1S/C30H47NO4S/c1-5-23(24-7-6-14-36-24)31-25(33)15-17(2)19-8-9-20-26-21(11-13-29(19,20)3)30(4)12-10-18(32)16-22(30)27(34)28(26)35/h6-7,14,17-23,26-28,32,34-35H,5,8-13,15-16H2,1-4H3,(H,31,33)/t17-,18-,19?,20+,21+,22?,23?,26?,27-,28+,29?,30?/m1/s1. The summed E-state index contributed by atoms with van der Waals surface area (Å²) in [7, 11) is 0. The van der Waals surface area contributed by atoms with Crippen molar-refractivity contribution in [1.82, 2.24) is 5.32 Å². The lowest BCUT2D eigenvalue weighted by molar-refractivity contribution is -0.223. The Balaban J connectivity index is 1.30. The number of hydrogen-bond donors (Lipinski definition) is 4. The summed E-state index contributed by atoms with van der Waals surface area (Å²) in [6.45, 7) is 9.12. The van der Waals surface area contributed by atoms with Crippen molar-refractivity contribution in [3.05, 3.63) is 22.4 Å². The summed E-state index contributed by atoms with van der Waals surface area (Å²) in [5.74, 6) is 1.78. The Morgan fingerprint density at radius 1 is 1.06 bits per heavy atom. The minimum absolute atomic E-state index is 0.00950. The lowest BCUT2D eigenvalue weighted by atomic mass is 9.43. The van der Waals surface area contributed by atoms with E-state index in [9.17, 15) is 20.1 Å². The Hall–Kier alpha value is -0.950. The summed E-state index contributed by atoms with van der Waals surface area (Å²) in [6.07, 6.45) is 6.37. The molecule has 5 rings (SSSR count). The van der Waals surface area contributed by atoms with E-state index in [1.807, 2.05) is 6.07 Å². The molecular formula is C30H47NO4S. The zero-order valence-corrected chi connectivity index (χ0v) is 23.3. The lowest BCUT2D eigenvalue weighted by Crippen LogP contribution is -2.64. The van der Waals surface area contributed by atoms with E-state index in [2.05, 4.69) is 44.5 Å². The quantitative estimate of drug-likeness (QED) is 0.412. The van der Waals surface area contributed by atoms with Gasteiger partial charge in [-0.3, -0.25) is 4.79 Å². The first-order chi connectivity index (χ1) is 17.1. The number of carbonyl (C=O) groups is 1. The average Bonchev–Trinajstić information content (AvgIpc) is 3.49. The van der Waals surface area contributed by atoms with Gasteiger partial charge < -0.3 is 20.6 Å². The first-order valence-electron chi connectivity index (χ1n) is 14.5. The molecule has 4 saturated carbocycles. The molecule has 1 aromatic rings. The van der Waals surface area contributed by atoms with Gasteiger partial charge in [0, 0.05) is 11.3 Å². The fourth-order valence-corrected chi connectivity index (χ4v) is 10.6. The highest BCUT2D eigenvalue weighted by Gasteiger charge is 2.65. The summed E-state index contributed by atoms with van der Waals surface area (Å²) in [5.41, 5.74) is 0.0846. The lowest BCUT2D eigenvalue weighted by Gasteiger charge is -2.63. The van der Waals surface area contributed by atoms with Crippen LogP contribution < -0.4 is 5.32 Å². The van der Waals surface area contributed by atoms with Crippen LogP contribution >= 0.6 is 11.3 Å². The molecule has 0 spiro atoms. The van der Waals surface area contributed by atoms with Gasteiger partial charge in [-0.05, 0) is 109 Å². The maximum Gasteiger partial charge on any atom is 0.220 e. The van der Waals surface area contributed by atoms with E-state index in [1.54, 1.807) is 11.3 Å². The molecule has 0 radical (unpaired) electrons. The van der Waals surface area contributed by atoms with Gasteiger partial charge >= 0.3 is 0 Å². The van der Waals surface area contributed by atoms with E-state index >= 15 is 0 Å². The SMILES string of the molecule is CCC(NC(=O)C[C@@H](C)C1CC[C@H]2C3[C@H](O)[C@H](O)C4C[C@H](O)CCC4(C)[C@H]3CCC12C)c1cccs1. The van der Waals surface area contributed by atoms with Crippen LogP contribution in [0.4, 0.5) is 0 Å². The van der Waals surface area contributed by atoms with E-state index in [4.69, 9.17) is 0 Å². The van der Waals surface area contributed by atoms with Crippen molar-refractivity contribution in [3.63, 3.8) is 0 Å². The third-order valence-electron chi connectivity index (χ3n) is 11.6. The van der Waals surface area contributed by atoms with Gasteiger partial charge in [-0.1, -0.05) is 33.8 Å². The first-order valence-corrected chi connectivity index (χ1v) is 15.3. The monoisotopic (exact) mass is 517 g/mol. The molecule has 4 aliphatic rings. The molecule has 36 heavy (non-hydrogen) atoms. The van der Waals surface area contributed by atoms with Gasteiger partial charge in [0.25, 0.3) is 0 Å². The van der Waals surface area contributed by atoms with Crippen molar-refractivity contribution in [3.8, 4) is 0 Å². The van der Waals surface area contributed by atoms with Gasteiger partial charge in [-0.15, -0.1) is 11.3 Å². The fourth-order valence-electron chi connectivity index (χ4n) is 9.77. The van der Waals surface area contributed by atoms with Gasteiger partial charge in [0.15, 0.2) is 0 Å². The van der Waals surface area contributed by atoms with Crippen LogP contribution in [0.2, 0.25) is 0 Å². The average molecular weight is 518 g/mol. The van der Waals surface area contributed by atoms with Crippen LogP contribution in [0.3, 0.4) is 0 Å². The van der Waals surface area contributed by atoms with Crippen molar-refractivity contribution in [2.45, 2.75) is 110 Å². The van der Waals surface area contributed by atoms with Gasteiger partial charge in [0.05, 0.1) is 24.4 Å². The number of amides is 1. The molecule has 5 nitrogen and oxygen atoms in total. The van der Waals surface area contributed by atoms with Crippen LogP contribution in [0.5, 0.6) is 0 Å². The molecule has 4 aliphatic carbocycles. The summed E-state index contributed by atoms with van der Waals surface area (Å²) < 4.78 is 0. The summed E-state index contributed by atoms with van der Waals surface area (Å²) >= 11 is 1.70. The van der Waals surface area contributed by atoms with Gasteiger partial charge in [-0.2, -0.15) is 0 Å². The molecule has 0 aliphatic heterocycles. The number of fused-ring (bicyclic) bond motifs is 5. The topological polar surface area (TPSA) is 89.8 Å². The second-order valence-corrected chi connectivity index (χ2v) is 14.2. The Labute approximate surface area is 221 Å². The Bertz CT molecular complexity index is 922. The van der Waals surface area contributed by atoms with Crippen LogP contribution in [0.15, 0.2) is 17.5 Å². The number of rotatable bonds is 6. The second kappa shape index (κ2) is 9.98. The largest absolute Gasteiger partial charge is 0.393 e. The molecule has 1 aromatic heterocycles. The number of hydrogen-bond acceptors (Lipinski definition) is 5. The van der Waals surface area contributed by atoms with Crippen LogP contribution in [0, 0.1) is 46.3 Å². The minimum atomic E-state index is -0.751. The molecule has 0 saturated heterocycles. The molecular weight excluding hydrogens is 470 g/mol. The van der Waals surface area contributed by atoms with Crippen LogP contribution in [0.25, 0.3) is 0 Å². The Kier molecular flexibility index (Phi) is 7.39. The van der Waals surface area contributed by atoms with E-state index in [-0.39, 0.29) is 46.6 Å². The zero-order valence-electron chi connectivity index (χ0n) is 22.5. The number of thiophene rings is 1. The van der Waals surface area contributed by atoms with Crippen LogP contribution in [-0.2, 0) is 4.79 Å². The minimum Gasteiger partial charge on any atom is -0.393 e. The highest BCUT2D eigenvalue weighted by atomic mass is 32.1. The molecule has 12 atom stereocenters. The van der Waals surface area contributed by atoms with E-state index in [0.717, 1.165) is 44.9 Å². The van der Waals surface area contributed by atoms with E-state index in [1.165, 1.54) is 4.88 Å². The first kappa shape index (κ1) is 26.6. The molecule has 1 heterocycles. The normalized spacial score (nSPS) is 45.8. The van der Waals surface area contributed by atoms with Crippen LogP contribution in [0.1, 0.15) is 96.4 Å². The molecule has 202 valence electrons. The molecule has 6 unspecified atom stereocenters. The third kappa shape index (κ3) is 4.28. The van der Waals surface area contributed by atoms with Crippen molar-refractivity contribution in [2.75, 3.05) is 0 Å². The van der Waals surface area contributed by atoms with Gasteiger partial charge in [0.2, 0.25) is 5.91 Å². The maximum atomic E-state index is 13.1. The summed E-state index contributed by atoms with van der Waals surface area (Å²) in [4.78, 5) is 14.3. The Morgan fingerprint density at radius 3 is 2.47 bits per heavy atom. The van der Waals surface area contributed by atoms with Gasteiger partial charge in [0.1, 0.15) is 0 Å². The molecule has 6 heteroatoms. The van der Waals surface area contributed by atoms with Crippen molar-refractivity contribution < 1.29 is 20.1 Å². The fraction of sp³-hybridized carbons (Fsp3) is 0.833. The predicted octanol–water partition coefficient (Wildman–Crippen LogP) is 5.30. The van der Waals surface area contributed by atoms with Crippen molar-refractivity contribution >= 4 is 17.2 Å². The highest BCUT2D eigenvalue weighted by molar-refractivity contribution is 7.10. The number of carbonyl (C=O) groups excluding carboxylic acids is 1. The molecule has 0 bridgehead atoms. The third-order valence-corrected chi connectivity index (χ3v) is 12.6. The van der Waals surface area contributed by atoms with E-state index in [0.29, 0.717) is 30.6 Å². The van der Waals surface area contributed by atoms with Gasteiger partial charge in [-0.25, -0.2) is 0 Å². The highest BCUT2D eigenvalue weighted by Crippen LogP contribution is 2.68. The number of aliphatic hydroxyl groups excluding tert-OH is 3. The molecule has 4 N–H and O–H groups in total. The smallest absolute Gasteiger partial charge is 0.220 e. The second-order valence-electron chi connectivity index (χ2n) is 13.3. The number of aliphatic hydroxyl groups is 3. The Morgan fingerprint density at radius 2 is 1.78 bits per heavy atom. The summed E-state index contributed by atoms with van der Waals surface area (Å²) in [6, 6.07) is 4.24. The number of nitrogens with one attached hydrogen (secondary N) is 1. The van der Waals surface area contributed by atoms with E-state index < -0.39 is 12.2 Å². The predicted molar refractivity (Wildman–Crippen MR) is 143 cm³/mol. The van der Waals surface area contributed by atoms with Crippen molar-refractivity contribution in [1.29, 1.82) is 0 Å². The van der Waals surface area contributed by atoms with Crippen LogP contribution in [-0.4, -0.2) is 39.5 Å². The molecule has 0 aromatic carbocycles. The summed E-state index contributed by atoms with van der Waals surface area (Å²) in [5, 5.41) is 38.4. The van der Waals surface area contributed by atoms with Crippen molar-refractivity contribution in [2.24, 2.45) is 46.3 Å². The molecule has 1 amide bonds. The maximum absolute atomic E-state index is 13.1. The zero-order chi connectivity index (χ0) is 25.8. The molecule has 4 fully saturated rings.